The van der Waals surface area contributed by atoms with Crippen molar-refractivity contribution < 1.29 is 23.9 Å². The van der Waals surface area contributed by atoms with E-state index in [1.165, 1.54) is 25.2 Å². The average Bonchev–Trinajstić information content (AvgIpc) is 3.36. The first-order chi connectivity index (χ1) is 17.4. The first kappa shape index (κ1) is 26.9. The number of hydrogen-bond acceptors (Lipinski definition) is 7. The van der Waals surface area contributed by atoms with Crippen molar-refractivity contribution in [1.82, 2.24) is 15.6 Å². The van der Waals surface area contributed by atoms with Crippen LogP contribution < -0.4 is 10.6 Å². The smallest absolute Gasteiger partial charge is 0.407 e. The second-order valence-electron chi connectivity index (χ2n) is 8.46. The number of thiazole rings is 1. The molecule has 3 rings (SSSR count). The van der Waals surface area contributed by atoms with Crippen LogP contribution in [0.1, 0.15) is 36.3 Å². The van der Waals surface area contributed by atoms with Crippen molar-refractivity contribution >= 4 is 29.3 Å². The Bertz CT molecular complexity index is 1090. The van der Waals surface area contributed by atoms with Crippen molar-refractivity contribution in [1.29, 1.82) is 0 Å². The largest absolute Gasteiger partial charge is 0.460 e. The average molecular weight is 510 g/mol. The monoisotopic (exact) mass is 509 g/mol. The molecule has 0 spiro atoms. The van der Waals surface area contributed by atoms with Crippen LogP contribution in [0.5, 0.6) is 0 Å². The van der Waals surface area contributed by atoms with E-state index in [1.54, 1.807) is 11.7 Å². The lowest BCUT2D eigenvalue weighted by atomic mass is 9.93. The summed E-state index contributed by atoms with van der Waals surface area (Å²) in [6, 6.07) is 18.5. The van der Waals surface area contributed by atoms with Gasteiger partial charge in [0.05, 0.1) is 16.4 Å². The van der Waals surface area contributed by atoms with Crippen molar-refractivity contribution in [2.75, 3.05) is 0 Å². The third-order valence-electron chi connectivity index (χ3n) is 5.45. The van der Waals surface area contributed by atoms with E-state index in [0.717, 1.165) is 16.0 Å². The molecule has 0 radical (unpaired) electrons. The van der Waals surface area contributed by atoms with E-state index >= 15 is 0 Å². The third-order valence-corrected chi connectivity index (χ3v) is 6.20. The highest BCUT2D eigenvalue weighted by Gasteiger charge is 2.30. The predicted octanol–water partition coefficient (Wildman–Crippen LogP) is 4.05. The summed E-state index contributed by atoms with van der Waals surface area (Å²) < 4.78 is 11.1. The van der Waals surface area contributed by atoms with Gasteiger partial charge in [-0.05, 0) is 24.0 Å². The molecule has 0 bridgehead atoms. The molecule has 0 saturated heterocycles. The molecule has 1 aromatic heterocycles. The molecule has 36 heavy (non-hydrogen) atoms. The van der Waals surface area contributed by atoms with Gasteiger partial charge in [0.1, 0.15) is 12.7 Å². The summed E-state index contributed by atoms with van der Waals surface area (Å²) in [5, 5.41) is 5.86. The maximum Gasteiger partial charge on any atom is 0.407 e. The molecule has 0 aliphatic carbocycles. The molecule has 0 saturated carbocycles. The van der Waals surface area contributed by atoms with Crippen LogP contribution in [0.25, 0.3) is 0 Å². The lowest BCUT2D eigenvalue weighted by Crippen LogP contribution is -2.50. The second kappa shape index (κ2) is 14.0. The highest BCUT2D eigenvalue weighted by molar-refractivity contribution is 7.09. The molecular formula is C27H31N3O5S. The number of hydrogen-bond donors (Lipinski definition) is 2. The number of aromatic nitrogens is 1. The molecule has 9 heteroatoms. The number of ether oxygens (including phenoxy) is 2. The fraction of sp³-hybridized carbons (Fsp3) is 0.333. The maximum atomic E-state index is 12.7. The third kappa shape index (κ3) is 9.50. The van der Waals surface area contributed by atoms with Crippen molar-refractivity contribution in [2.24, 2.45) is 0 Å². The van der Waals surface area contributed by atoms with Crippen LogP contribution in [0.3, 0.4) is 0 Å². The van der Waals surface area contributed by atoms with Gasteiger partial charge in [0.25, 0.3) is 0 Å². The topological polar surface area (TPSA) is 107 Å². The zero-order chi connectivity index (χ0) is 25.8. The van der Waals surface area contributed by atoms with Gasteiger partial charge in [0, 0.05) is 32.5 Å². The van der Waals surface area contributed by atoms with E-state index in [1.807, 2.05) is 60.7 Å². The minimum atomic E-state index is -0.709. The van der Waals surface area contributed by atoms with E-state index in [9.17, 15) is 14.4 Å². The fourth-order valence-corrected chi connectivity index (χ4v) is 4.46. The summed E-state index contributed by atoms with van der Waals surface area (Å²) in [7, 11) is 0. The zero-order valence-electron chi connectivity index (χ0n) is 20.4. The number of amides is 2. The first-order valence-corrected chi connectivity index (χ1v) is 12.6. The van der Waals surface area contributed by atoms with Gasteiger partial charge in [-0.25, -0.2) is 4.79 Å². The quantitative estimate of drug-likeness (QED) is 0.357. The van der Waals surface area contributed by atoms with Crippen LogP contribution in [-0.2, 0) is 38.5 Å². The van der Waals surface area contributed by atoms with Crippen molar-refractivity contribution in [3.8, 4) is 0 Å². The van der Waals surface area contributed by atoms with E-state index in [-0.39, 0.29) is 18.6 Å². The predicted molar refractivity (Wildman–Crippen MR) is 137 cm³/mol. The Labute approximate surface area is 215 Å². The molecule has 3 aromatic rings. The lowest BCUT2D eigenvalue weighted by molar-refractivity contribution is -0.148. The molecule has 2 aromatic carbocycles. The van der Waals surface area contributed by atoms with Crippen molar-refractivity contribution in [3.05, 3.63) is 88.4 Å². The Hall–Kier alpha value is -3.72. The van der Waals surface area contributed by atoms with Gasteiger partial charge >= 0.3 is 12.1 Å². The van der Waals surface area contributed by atoms with Gasteiger partial charge in [-0.3, -0.25) is 14.6 Å². The second-order valence-corrected chi connectivity index (χ2v) is 9.43. The lowest BCUT2D eigenvalue weighted by Gasteiger charge is -2.31. The number of esters is 1. The fourth-order valence-electron chi connectivity index (χ4n) is 3.95. The van der Waals surface area contributed by atoms with Crippen molar-refractivity contribution in [3.63, 3.8) is 0 Å². The van der Waals surface area contributed by atoms with Crippen LogP contribution in [0, 0.1) is 0 Å². The first-order valence-electron chi connectivity index (χ1n) is 11.7. The van der Waals surface area contributed by atoms with Crippen LogP contribution in [0.15, 0.2) is 72.4 Å². The summed E-state index contributed by atoms with van der Waals surface area (Å²) in [5.41, 5.74) is 3.66. The van der Waals surface area contributed by atoms with Gasteiger partial charge in [-0.2, -0.15) is 0 Å². The molecule has 8 nitrogen and oxygen atoms in total. The minimum absolute atomic E-state index is 0.0926. The molecular weight excluding hydrogens is 478 g/mol. The SMILES string of the molecule is CC(=O)NC(Cc1ccccc1)CC(OC(C)=O)[C@H](Cc1ccccc1)NC(=O)OCc1cncs1. The number of nitrogens with zero attached hydrogens (tertiary/aromatic N) is 1. The summed E-state index contributed by atoms with van der Waals surface area (Å²) in [6.45, 7) is 2.88. The number of carbonyl (C=O) groups excluding carboxylic acids is 3. The number of carbonyl (C=O) groups is 3. The standard InChI is InChI=1S/C27H31N3O5S/c1-19(31)29-23(13-21-9-5-3-6-10-21)15-26(35-20(2)32)25(14-22-11-7-4-8-12-22)30-27(33)34-17-24-16-28-18-36-24/h3-12,16,18,23,25-26H,13-15,17H2,1-2H3,(H,29,31)(H,30,33)/t23?,25-,26?/m0/s1. The number of nitrogens with one attached hydrogen (secondary N) is 2. The normalized spacial score (nSPS) is 13.2. The van der Waals surface area contributed by atoms with Crippen LogP contribution in [-0.4, -0.2) is 41.1 Å². The van der Waals surface area contributed by atoms with Crippen LogP contribution in [0.4, 0.5) is 4.79 Å². The molecule has 0 aliphatic rings. The molecule has 2 N–H and O–H groups in total. The van der Waals surface area contributed by atoms with Crippen LogP contribution in [0.2, 0.25) is 0 Å². The maximum absolute atomic E-state index is 12.7. The Balaban J connectivity index is 1.80. The van der Waals surface area contributed by atoms with E-state index in [2.05, 4.69) is 15.6 Å². The summed E-state index contributed by atoms with van der Waals surface area (Å²) >= 11 is 1.39. The molecule has 190 valence electrons. The minimum Gasteiger partial charge on any atom is -0.460 e. The van der Waals surface area contributed by atoms with Gasteiger partial charge in [-0.15, -0.1) is 11.3 Å². The molecule has 0 aliphatic heterocycles. The number of rotatable bonds is 12. The highest BCUT2D eigenvalue weighted by Crippen LogP contribution is 2.17. The van der Waals surface area contributed by atoms with E-state index < -0.39 is 24.2 Å². The Morgan fingerprint density at radius 1 is 0.917 bits per heavy atom. The van der Waals surface area contributed by atoms with Crippen LogP contribution >= 0.6 is 11.3 Å². The van der Waals surface area contributed by atoms with Gasteiger partial charge in [-0.1, -0.05) is 60.7 Å². The molecule has 2 unspecified atom stereocenters. The molecule has 2 amide bonds. The van der Waals surface area contributed by atoms with Crippen molar-refractivity contribution in [2.45, 2.75) is 57.9 Å². The summed E-state index contributed by atoms with van der Waals surface area (Å²) in [4.78, 5) is 41.6. The summed E-state index contributed by atoms with van der Waals surface area (Å²) in [5.74, 6) is -0.659. The van der Waals surface area contributed by atoms with Gasteiger partial charge < -0.3 is 20.1 Å². The highest BCUT2D eigenvalue weighted by atomic mass is 32.1. The van der Waals surface area contributed by atoms with E-state index in [4.69, 9.17) is 9.47 Å². The van der Waals surface area contributed by atoms with Gasteiger partial charge in [0.15, 0.2) is 0 Å². The number of alkyl carbamates (subject to hydrolysis) is 1. The summed E-state index contributed by atoms with van der Waals surface area (Å²) in [6.07, 6.45) is 1.57. The molecule has 1 heterocycles. The molecule has 0 fully saturated rings. The van der Waals surface area contributed by atoms with Gasteiger partial charge in [0.2, 0.25) is 5.91 Å². The Morgan fingerprint density at radius 3 is 2.11 bits per heavy atom. The Kier molecular flexibility index (Phi) is 10.4. The van der Waals surface area contributed by atoms with E-state index in [0.29, 0.717) is 19.3 Å². The number of benzene rings is 2. The Morgan fingerprint density at radius 2 is 1.56 bits per heavy atom. The molecule has 3 atom stereocenters. The zero-order valence-corrected chi connectivity index (χ0v) is 21.2.